The van der Waals surface area contributed by atoms with Gasteiger partial charge in [0.1, 0.15) is 5.75 Å². The molecule has 0 bridgehead atoms. The molecule has 0 saturated heterocycles. The molecule has 0 atom stereocenters. The number of benzene rings is 2. The van der Waals surface area contributed by atoms with Gasteiger partial charge in [-0.05, 0) is 36.2 Å². The van der Waals surface area contributed by atoms with Gasteiger partial charge in [-0.3, -0.25) is 9.36 Å². The monoisotopic (exact) mass is 380 g/mol. The van der Waals surface area contributed by atoms with Crippen LogP contribution in [-0.2, 0) is 17.9 Å². The van der Waals surface area contributed by atoms with Crippen molar-refractivity contribution in [3.8, 4) is 5.75 Å². The maximum absolute atomic E-state index is 12.7. The van der Waals surface area contributed by atoms with Crippen LogP contribution < -0.4 is 10.5 Å². The van der Waals surface area contributed by atoms with Crippen LogP contribution in [0.5, 0.6) is 5.75 Å². The Labute approximate surface area is 163 Å². The van der Waals surface area contributed by atoms with Crippen molar-refractivity contribution in [2.45, 2.75) is 25.9 Å². The Morgan fingerprint density at radius 3 is 2.68 bits per heavy atom. The maximum Gasteiger partial charge on any atom is 0.419 e. The van der Waals surface area contributed by atoms with Crippen molar-refractivity contribution in [1.82, 2.24) is 9.47 Å². The summed E-state index contributed by atoms with van der Waals surface area (Å²) in [6, 6.07) is 14.9. The number of hydrogen-bond donors (Lipinski definition) is 0. The normalized spacial score (nSPS) is 10.8. The van der Waals surface area contributed by atoms with Crippen LogP contribution in [0.25, 0.3) is 11.1 Å². The van der Waals surface area contributed by atoms with Crippen LogP contribution in [0.3, 0.4) is 0 Å². The number of aryl methyl sites for hydroxylation is 1. The number of carbonyl (C=O) groups is 1. The summed E-state index contributed by atoms with van der Waals surface area (Å²) in [4.78, 5) is 26.5. The molecule has 3 aromatic rings. The van der Waals surface area contributed by atoms with Crippen molar-refractivity contribution in [2.75, 3.05) is 13.7 Å². The Balaban J connectivity index is 1.61. The van der Waals surface area contributed by atoms with E-state index in [1.807, 2.05) is 42.5 Å². The zero-order valence-electron chi connectivity index (χ0n) is 16.0. The van der Waals surface area contributed by atoms with Gasteiger partial charge in [0.15, 0.2) is 5.58 Å². The molecule has 146 valence electrons. The van der Waals surface area contributed by atoms with Crippen LogP contribution in [0, 0.1) is 0 Å². The molecule has 1 amide bonds. The highest BCUT2D eigenvalue weighted by molar-refractivity contribution is 5.76. The van der Waals surface area contributed by atoms with E-state index in [9.17, 15) is 9.59 Å². The number of nitrogens with zero attached hydrogens (tertiary/aromatic N) is 2. The minimum absolute atomic E-state index is 0.0246. The Hall–Kier alpha value is -3.28. The van der Waals surface area contributed by atoms with Gasteiger partial charge in [-0.15, -0.1) is 6.58 Å². The quantitative estimate of drug-likeness (QED) is 0.532. The van der Waals surface area contributed by atoms with Gasteiger partial charge in [0.25, 0.3) is 0 Å². The first-order valence-corrected chi connectivity index (χ1v) is 9.22. The number of rotatable bonds is 9. The van der Waals surface area contributed by atoms with E-state index in [1.165, 1.54) is 0 Å². The molecule has 28 heavy (non-hydrogen) atoms. The van der Waals surface area contributed by atoms with Crippen molar-refractivity contribution in [3.63, 3.8) is 0 Å². The topological polar surface area (TPSA) is 64.7 Å². The van der Waals surface area contributed by atoms with E-state index in [4.69, 9.17) is 9.15 Å². The third kappa shape index (κ3) is 4.52. The zero-order valence-corrected chi connectivity index (χ0v) is 16.0. The lowest BCUT2D eigenvalue weighted by Crippen LogP contribution is -2.30. The van der Waals surface area contributed by atoms with Gasteiger partial charge in [-0.1, -0.05) is 30.3 Å². The summed E-state index contributed by atoms with van der Waals surface area (Å²) in [5.74, 6) is 0.412. The van der Waals surface area contributed by atoms with Gasteiger partial charge in [0, 0.05) is 26.1 Å². The molecule has 6 heteroatoms. The molecule has 6 nitrogen and oxygen atoms in total. The molecule has 0 aliphatic rings. The smallest absolute Gasteiger partial charge is 0.419 e. The molecule has 1 aromatic heterocycles. The fourth-order valence-corrected chi connectivity index (χ4v) is 3.13. The molecule has 0 unspecified atom stereocenters. The van der Waals surface area contributed by atoms with Crippen molar-refractivity contribution in [2.24, 2.45) is 0 Å². The minimum atomic E-state index is -0.394. The fraction of sp³-hybridized carbons (Fsp3) is 0.273. The van der Waals surface area contributed by atoms with E-state index in [0.717, 1.165) is 16.8 Å². The second-order valence-electron chi connectivity index (χ2n) is 6.50. The predicted molar refractivity (Wildman–Crippen MR) is 108 cm³/mol. The average molecular weight is 380 g/mol. The predicted octanol–water partition coefficient (Wildman–Crippen LogP) is 3.60. The standard InChI is InChI=1S/C22H24N2O4/c1-3-14-23(16-17-10-12-18(27-2)13-11-17)21(25)9-6-15-24-19-7-4-5-8-20(19)28-22(24)26/h3-5,7-8,10-13H,1,6,9,14-16H2,2H3. The van der Waals surface area contributed by atoms with Crippen molar-refractivity contribution in [3.05, 3.63) is 77.3 Å². The van der Waals surface area contributed by atoms with Crippen LogP contribution in [0.4, 0.5) is 0 Å². The summed E-state index contributed by atoms with van der Waals surface area (Å²) in [5.41, 5.74) is 2.33. The number of fused-ring (bicyclic) bond motifs is 1. The van der Waals surface area contributed by atoms with E-state index < -0.39 is 5.76 Å². The molecular formula is C22H24N2O4. The van der Waals surface area contributed by atoms with Crippen molar-refractivity contribution in [1.29, 1.82) is 0 Å². The zero-order chi connectivity index (χ0) is 19.9. The molecule has 0 saturated carbocycles. The van der Waals surface area contributed by atoms with E-state index in [2.05, 4.69) is 6.58 Å². The maximum atomic E-state index is 12.7. The fourth-order valence-electron chi connectivity index (χ4n) is 3.13. The minimum Gasteiger partial charge on any atom is -0.497 e. The number of ether oxygens (including phenoxy) is 1. The number of amides is 1. The number of methoxy groups -OCH3 is 1. The molecule has 1 heterocycles. The lowest BCUT2D eigenvalue weighted by Gasteiger charge is -2.21. The molecule has 2 aromatic carbocycles. The first kappa shape index (κ1) is 19.5. The molecule has 0 N–H and O–H groups in total. The first-order chi connectivity index (χ1) is 13.6. The highest BCUT2D eigenvalue weighted by atomic mass is 16.5. The Morgan fingerprint density at radius 1 is 1.21 bits per heavy atom. The second kappa shape index (κ2) is 9.08. The number of carbonyl (C=O) groups excluding carboxylic acids is 1. The van der Waals surface area contributed by atoms with Gasteiger partial charge in [0.2, 0.25) is 5.91 Å². The molecule has 0 spiro atoms. The van der Waals surface area contributed by atoms with E-state index >= 15 is 0 Å². The highest BCUT2D eigenvalue weighted by Gasteiger charge is 2.14. The molecule has 0 fully saturated rings. The SMILES string of the molecule is C=CCN(Cc1ccc(OC)cc1)C(=O)CCCn1c(=O)oc2ccccc21. The largest absolute Gasteiger partial charge is 0.497 e. The van der Waals surface area contributed by atoms with Gasteiger partial charge >= 0.3 is 5.76 Å². The number of hydrogen-bond acceptors (Lipinski definition) is 4. The summed E-state index contributed by atoms with van der Waals surface area (Å²) < 4.78 is 12.0. The highest BCUT2D eigenvalue weighted by Crippen LogP contribution is 2.15. The van der Waals surface area contributed by atoms with Gasteiger partial charge in [-0.2, -0.15) is 0 Å². The molecule has 0 aliphatic carbocycles. The lowest BCUT2D eigenvalue weighted by atomic mass is 10.2. The van der Waals surface area contributed by atoms with Crippen LogP contribution in [0.15, 0.2) is 70.4 Å². The Kier molecular flexibility index (Phi) is 6.32. The van der Waals surface area contributed by atoms with E-state index in [1.54, 1.807) is 28.7 Å². The van der Waals surface area contributed by atoms with Gasteiger partial charge in [-0.25, -0.2) is 4.79 Å². The summed E-state index contributed by atoms with van der Waals surface area (Å²) >= 11 is 0. The van der Waals surface area contributed by atoms with E-state index in [-0.39, 0.29) is 5.91 Å². The Morgan fingerprint density at radius 2 is 1.96 bits per heavy atom. The molecule has 0 aliphatic heterocycles. The first-order valence-electron chi connectivity index (χ1n) is 9.22. The van der Waals surface area contributed by atoms with Crippen molar-refractivity contribution >= 4 is 17.0 Å². The Bertz CT molecular complexity index is 1000. The molecule has 3 rings (SSSR count). The third-order valence-corrected chi connectivity index (χ3v) is 4.58. The second-order valence-corrected chi connectivity index (χ2v) is 6.50. The van der Waals surface area contributed by atoms with Gasteiger partial charge in [0.05, 0.1) is 12.6 Å². The van der Waals surface area contributed by atoms with Crippen LogP contribution >= 0.6 is 0 Å². The van der Waals surface area contributed by atoms with Crippen LogP contribution in [0.2, 0.25) is 0 Å². The van der Waals surface area contributed by atoms with Crippen molar-refractivity contribution < 1.29 is 13.9 Å². The van der Waals surface area contributed by atoms with Gasteiger partial charge < -0.3 is 14.1 Å². The summed E-state index contributed by atoms with van der Waals surface area (Å²) in [6.07, 6.45) is 2.62. The van der Waals surface area contributed by atoms with Crippen LogP contribution in [0.1, 0.15) is 18.4 Å². The number of oxazole rings is 1. The number of para-hydroxylation sites is 2. The number of aromatic nitrogens is 1. The molecule has 0 radical (unpaired) electrons. The third-order valence-electron chi connectivity index (χ3n) is 4.58. The summed E-state index contributed by atoms with van der Waals surface area (Å²) in [7, 11) is 1.62. The van der Waals surface area contributed by atoms with Crippen LogP contribution in [-0.4, -0.2) is 29.0 Å². The van der Waals surface area contributed by atoms with E-state index in [0.29, 0.717) is 38.1 Å². The summed E-state index contributed by atoms with van der Waals surface area (Å²) in [5, 5.41) is 0. The summed E-state index contributed by atoms with van der Waals surface area (Å²) in [6.45, 7) is 5.16. The lowest BCUT2D eigenvalue weighted by molar-refractivity contribution is -0.131. The molecular weight excluding hydrogens is 356 g/mol. The average Bonchev–Trinajstić information content (AvgIpc) is 3.03.